The second-order valence-corrected chi connectivity index (χ2v) is 7.32. The molecule has 0 aliphatic rings. The first-order valence-electron chi connectivity index (χ1n) is 8.74. The number of aromatic nitrogens is 1. The van der Waals surface area contributed by atoms with Crippen molar-refractivity contribution in [1.82, 2.24) is 4.98 Å². The van der Waals surface area contributed by atoms with Crippen LogP contribution in [0.3, 0.4) is 0 Å². The Morgan fingerprint density at radius 3 is 2.57 bits per heavy atom. The maximum atomic E-state index is 12.1. The molecule has 0 unspecified atom stereocenters. The standard InChI is InChI=1S/C21H19ClN2O3S/c1-3-20(26)15-7-9-19(10-8-15)27-12-17-13-28-21(23-17)24(14(2)25)18-6-4-5-16(22)11-18/h4-11,13H,3,12H2,1-2H3. The first-order chi connectivity index (χ1) is 13.5. The minimum Gasteiger partial charge on any atom is -0.487 e. The van der Waals surface area contributed by atoms with Crippen LogP contribution in [-0.2, 0) is 11.4 Å². The number of rotatable bonds is 7. The topological polar surface area (TPSA) is 59.5 Å². The zero-order chi connectivity index (χ0) is 20.1. The molecule has 5 nitrogen and oxygen atoms in total. The summed E-state index contributed by atoms with van der Waals surface area (Å²) in [5, 5.41) is 2.95. The Hall–Kier alpha value is -2.70. The summed E-state index contributed by atoms with van der Waals surface area (Å²) in [6, 6.07) is 14.1. The van der Waals surface area contributed by atoms with Crippen LogP contribution in [0, 0.1) is 0 Å². The highest BCUT2D eigenvalue weighted by molar-refractivity contribution is 7.14. The molecule has 144 valence electrons. The number of amides is 1. The van der Waals surface area contributed by atoms with Crippen molar-refractivity contribution in [3.63, 3.8) is 0 Å². The average molecular weight is 415 g/mol. The molecule has 0 aliphatic carbocycles. The van der Waals surface area contributed by atoms with E-state index in [1.54, 1.807) is 42.5 Å². The summed E-state index contributed by atoms with van der Waals surface area (Å²) in [6.07, 6.45) is 0.473. The van der Waals surface area contributed by atoms with Crippen molar-refractivity contribution >= 4 is 45.4 Å². The Bertz CT molecular complexity index is 985. The summed E-state index contributed by atoms with van der Waals surface area (Å²) < 4.78 is 5.75. The Balaban J connectivity index is 1.71. The fourth-order valence-electron chi connectivity index (χ4n) is 2.61. The van der Waals surface area contributed by atoms with E-state index in [-0.39, 0.29) is 18.3 Å². The van der Waals surface area contributed by atoms with Crippen LogP contribution in [0.2, 0.25) is 5.02 Å². The van der Waals surface area contributed by atoms with E-state index in [0.717, 1.165) is 0 Å². The van der Waals surface area contributed by atoms with E-state index < -0.39 is 0 Å². The van der Waals surface area contributed by atoms with Crippen molar-refractivity contribution in [2.45, 2.75) is 26.9 Å². The van der Waals surface area contributed by atoms with E-state index in [1.807, 2.05) is 18.4 Å². The molecule has 0 saturated carbocycles. The number of nitrogens with zero attached hydrogens (tertiary/aromatic N) is 2. The van der Waals surface area contributed by atoms with Gasteiger partial charge in [-0.2, -0.15) is 0 Å². The molecule has 3 rings (SSSR count). The Morgan fingerprint density at radius 1 is 1.18 bits per heavy atom. The second-order valence-electron chi connectivity index (χ2n) is 6.05. The lowest BCUT2D eigenvalue weighted by molar-refractivity contribution is -0.115. The molecule has 2 aromatic carbocycles. The van der Waals surface area contributed by atoms with E-state index in [9.17, 15) is 9.59 Å². The molecular weight excluding hydrogens is 396 g/mol. The molecule has 0 radical (unpaired) electrons. The van der Waals surface area contributed by atoms with Crippen LogP contribution < -0.4 is 9.64 Å². The van der Waals surface area contributed by atoms with Crippen LogP contribution in [0.25, 0.3) is 0 Å². The van der Waals surface area contributed by atoms with Gasteiger partial charge in [0.05, 0.1) is 11.4 Å². The fourth-order valence-corrected chi connectivity index (χ4v) is 3.66. The molecule has 3 aromatic rings. The van der Waals surface area contributed by atoms with Crippen LogP contribution >= 0.6 is 22.9 Å². The molecule has 0 N–H and O–H groups in total. The molecule has 1 amide bonds. The molecule has 7 heteroatoms. The van der Waals surface area contributed by atoms with Crippen LogP contribution in [0.15, 0.2) is 53.9 Å². The lowest BCUT2D eigenvalue weighted by atomic mass is 10.1. The number of hydrogen-bond donors (Lipinski definition) is 0. The van der Waals surface area contributed by atoms with Gasteiger partial charge in [0.25, 0.3) is 0 Å². The predicted molar refractivity (Wildman–Crippen MR) is 112 cm³/mol. The van der Waals surface area contributed by atoms with Gasteiger partial charge in [-0.1, -0.05) is 24.6 Å². The number of ketones is 1. The van der Waals surface area contributed by atoms with Gasteiger partial charge in [0, 0.05) is 29.3 Å². The molecular formula is C21H19ClN2O3S. The largest absolute Gasteiger partial charge is 0.487 e. The SMILES string of the molecule is CCC(=O)c1ccc(OCc2csc(N(C(C)=O)c3cccc(Cl)c3)n2)cc1. The normalized spacial score (nSPS) is 10.5. The van der Waals surface area contributed by atoms with Crippen molar-refractivity contribution in [3.05, 3.63) is 70.2 Å². The third-order valence-corrected chi connectivity index (χ3v) is 5.11. The molecule has 0 fully saturated rings. The van der Waals surface area contributed by atoms with Gasteiger partial charge >= 0.3 is 0 Å². The molecule has 0 atom stereocenters. The van der Waals surface area contributed by atoms with Crippen molar-refractivity contribution in [2.75, 3.05) is 4.90 Å². The number of hydrogen-bond acceptors (Lipinski definition) is 5. The van der Waals surface area contributed by atoms with E-state index in [2.05, 4.69) is 4.98 Å². The number of halogens is 1. The van der Waals surface area contributed by atoms with Crippen molar-refractivity contribution in [2.24, 2.45) is 0 Å². The number of ether oxygens (including phenoxy) is 1. The van der Waals surface area contributed by atoms with Crippen molar-refractivity contribution in [1.29, 1.82) is 0 Å². The highest BCUT2D eigenvalue weighted by Crippen LogP contribution is 2.30. The Labute approximate surface area is 172 Å². The predicted octanol–water partition coefficient (Wildman–Crippen LogP) is 5.65. The van der Waals surface area contributed by atoms with Gasteiger partial charge in [-0.3, -0.25) is 14.5 Å². The Morgan fingerprint density at radius 2 is 1.93 bits per heavy atom. The van der Waals surface area contributed by atoms with Crippen molar-refractivity contribution < 1.29 is 14.3 Å². The van der Waals surface area contributed by atoms with Gasteiger partial charge in [-0.15, -0.1) is 11.3 Å². The quantitative estimate of drug-likeness (QED) is 0.468. The van der Waals surface area contributed by atoms with E-state index in [0.29, 0.717) is 39.3 Å². The summed E-state index contributed by atoms with van der Waals surface area (Å²) in [5.74, 6) is 0.599. The van der Waals surface area contributed by atoms with E-state index in [1.165, 1.54) is 23.2 Å². The van der Waals surface area contributed by atoms with E-state index in [4.69, 9.17) is 16.3 Å². The van der Waals surface area contributed by atoms with Crippen LogP contribution in [-0.4, -0.2) is 16.7 Å². The molecule has 28 heavy (non-hydrogen) atoms. The molecule has 0 aliphatic heterocycles. The summed E-state index contributed by atoms with van der Waals surface area (Å²) in [4.78, 5) is 29.9. The van der Waals surface area contributed by atoms with Gasteiger partial charge < -0.3 is 4.74 Å². The third-order valence-electron chi connectivity index (χ3n) is 4.00. The van der Waals surface area contributed by atoms with Crippen molar-refractivity contribution in [3.8, 4) is 5.75 Å². The minimum atomic E-state index is -0.153. The third kappa shape index (κ3) is 4.77. The van der Waals surface area contributed by atoms with Crippen LogP contribution in [0.1, 0.15) is 36.3 Å². The first kappa shape index (κ1) is 20.0. The average Bonchev–Trinajstić information content (AvgIpc) is 3.14. The van der Waals surface area contributed by atoms with Gasteiger partial charge in [0.15, 0.2) is 10.9 Å². The summed E-state index contributed by atoms with van der Waals surface area (Å²) >= 11 is 7.41. The number of anilines is 2. The van der Waals surface area contributed by atoms with Gasteiger partial charge in [0.1, 0.15) is 12.4 Å². The monoisotopic (exact) mass is 414 g/mol. The molecule has 0 spiro atoms. The summed E-state index contributed by atoms with van der Waals surface area (Å²) in [7, 11) is 0. The van der Waals surface area contributed by atoms with Gasteiger partial charge in [-0.25, -0.2) is 4.98 Å². The van der Waals surface area contributed by atoms with E-state index >= 15 is 0 Å². The molecule has 0 bridgehead atoms. The summed E-state index contributed by atoms with van der Waals surface area (Å²) in [6.45, 7) is 3.58. The highest BCUT2D eigenvalue weighted by Gasteiger charge is 2.18. The number of carbonyl (C=O) groups is 2. The smallest absolute Gasteiger partial charge is 0.230 e. The lowest BCUT2D eigenvalue weighted by Crippen LogP contribution is -2.22. The second kappa shape index (κ2) is 8.99. The lowest BCUT2D eigenvalue weighted by Gasteiger charge is -2.18. The fraction of sp³-hybridized carbons (Fsp3) is 0.190. The Kier molecular flexibility index (Phi) is 6.44. The number of Topliss-reactive ketones (excluding diaryl/α,β-unsaturated/α-hetero) is 1. The minimum absolute atomic E-state index is 0.0982. The zero-order valence-electron chi connectivity index (χ0n) is 15.5. The number of benzene rings is 2. The first-order valence-corrected chi connectivity index (χ1v) is 10.0. The molecule has 1 aromatic heterocycles. The molecule has 0 saturated heterocycles. The number of thiazole rings is 1. The van der Waals surface area contributed by atoms with Crippen LogP contribution in [0.4, 0.5) is 10.8 Å². The summed E-state index contributed by atoms with van der Waals surface area (Å²) in [5.41, 5.74) is 2.05. The van der Waals surface area contributed by atoms with Gasteiger partial charge in [0.2, 0.25) is 5.91 Å². The van der Waals surface area contributed by atoms with Gasteiger partial charge in [-0.05, 0) is 42.5 Å². The maximum absolute atomic E-state index is 12.1. The molecule has 1 heterocycles. The van der Waals surface area contributed by atoms with Crippen LogP contribution in [0.5, 0.6) is 5.75 Å². The zero-order valence-corrected chi connectivity index (χ0v) is 17.1. The number of carbonyl (C=O) groups excluding carboxylic acids is 2. The highest BCUT2D eigenvalue weighted by atomic mass is 35.5. The maximum Gasteiger partial charge on any atom is 0.230 e.